The van der Waals surface area contributed by atoms with E-state index in [4.69, 9.17) is 16.6 Å². The molecule has 3 rings (SSSR count). The molecule has 0 saturated carbocycles. The van der Waals surface area contributed by atoms with Gasteiger partial charge in [-0.15, -0.1) is 17.9 Å². The van der Waals surface area contributed by atoms with Gasteiger partial charge in [-0.25, -0.2) is 4.99 Å². The van der Waals surface area contributed by atoms with Crippen molar-refractivity contribution < 1.29 is 0 Å². The summed E-state index contributed by atoms with van der Waals surface area (Å²) in [5.41, 5.74) is 4.49. The summed E-state index contributed by atoms with van der Waals surface area (Å²) in [5.74, 6) is 0. The molecule has 1 heterocycles. The third-order valence-corrected chi connectivity index (χ3v) is 4.62. The third kappa shape index (κ3) is 3.63. The molecule has 0 saturated heterocycles. The number of aromatic nitrogens is 1. The fourth-order valence-electron chi connectivity index (χ4n) is 2.31. The summed E-state index contributed by atoms with van der Waals surface area (Å²) >= 11 is 7.56. The first-order valence-electron chi connectivity index (χ1n) is 7.34. The van der Waals surface area contributed by atoms with Crippen LogP contribution < -0.4 is 4.80 Å². The van der Waals surface area contributed by atoms with Crippen molar-refractivity contribution in [1.29, 1.82) is 0 Å². The number of thiazole rings is 1. The first-order chi connectivity index (χ1) is 11.2. The smallest absolute Gasteiger partial charge is 0.190 e. The molecule has 1 aromatic heterocycles. The Balaban J connectivity index is 2.09. The Morgan fingerprint density at radius 1 is 1.13 bits per heavy atom. The number of aryl methyl sites for hydroxylation is 1. The molecule has 0 aliphatic carbocycles. The predicted molar refractivity (Wildman–Crippen MR) is 99.4 cm³/mol. The Morgan fingerprint density at radius 3 is 2.48 bits per heavy atom. The van der Waals surface area contributed by atoms with Gasteiger partial charge >= 0.3 is 0 Å². The highest BCUT2D eigenvalue weighted by atomic mass is 35.5. The molecule has 2 aromatic carbocycles. The molecule has 0 atom stereocenters. The molecule has 23 heavy (non-hydrogen) atoms. The molecule has 0 aliphatic heterocycles. The zero-order valence-electron chi connectivity index (χ0n) is 12.9. The lowest BCUT2D eigenvalue weighted by Gasteiger charge is -2.07. The van der Waals surface area contributed by atoms with E-state index < -0.39 is 0 Å². The highest BCUT2D eigenvalue weighted by molar-refractivity contribution is 7.07. The van der Waals surface area contributed by atoms with Gasteiger partial charge in [-0.1, -0.05) is 47.5 Å². The third-order valence-electron chi connectivity index (χ3n) is 3.51. The lowest BCUT2D eigenvalue weighted by Crippen LogP contribution is -2.14. The van der Waals surface area contributed by atoms with E-state index in [0.717, 1.165) is 27.8 Å². The van der Waals surface area contributed by atoms with Crippen LogP contribution in [0.2, 0.25) is 5.02 Å². The Labute approximate surface area is 145 Å². The maximum atomic E-state index is 5.94. The molecule has 2 nitrogen and oxygen atoms in total. The number of benzene rings is 2. The minimum absolute atomic E-state index is 0.717. The average molecular weight is 341 g/mol. The van der Waals surface area contributed by atoms with Gasteiger partial charge in [0.05, 0.1) is 11.4 Å². The normalized spacial score (nSPS) is 11.7. The van der Waals surface area contributed by atoms with Crippen LogP contribution in [-0.4, -0.2) is 4.57 Å². The summed E-state index contributed by atoms with van der Waals surface area (Å²) in [6.07, 6.45) is 1.89. The summed E-state index contributed by atoms with van der Waals surface area (Å²) in [7, 11) is 0. The van der Waals surface area contributed by atoms with Gasteiger partial charge in [0.2, 0.25) is 0 Å². The van der Waals surface area contributed by atoms with Crippen molar-refractivity contribution in [2.75, 3.05) is 0 Å². The molecule has 0 spiro atoms. The molecule has 0 aliphatic rings. The van der Waals surface area contributed by atoms with Crippen LogP contribution in [0.4, 0.5) is 5.69 Å². The standard InChI is InChI=1S/C19H17ClN2S/c1-3-12-22-18(15-6-4-14(2)5-7-15)13-23-19(22)21-17-10-8-16(20)9-11-17/h3-11,13H,1,12H2,2H3. The second-order valence-corrected chi connectivity index (χ2v) is 6.53. The van der Waals surface area contributed by atoms with Gasteiger partial charge in [0.15, 0.2) is 4.80 Å². The fraction of sp³-hybridized carbons (Fsp3) is 0.105. The van der Waals surface area contributed by atoms with Crippen molar-refractivity contribution in [2.45, 2.75) is 13.5 Å². The van der Waals surface area contributed by atoms with Crippen molar-refractivity contribution in [3.8, 4) is 11.3 Å². The topological polar surface area (TPSA) is 17.3 Å². The SMILES string of the molecule is C=CCn1c(-c2ccc(C)cc2)csc1=Nc1ccc(Cl)cc1. The molecule has 3 aromatic rings. The lowest BCUT2D eigenvalue weighted by molar-refractivity contribution is 0.800. The van der Waals surface area contributed by atoms with Gasteiger partial charge in [-0.05, 0) is 36.8 Å². The molecule has 0 unspecified atom stereocenters. The van der Waals surface area contributed by atoms with Crippen LogP contribution in [-0.2, 0) is 6.54 Å². The number of rotatable bonds is 4. The molecule has 0 radical (unpaired) electrons. The summed E-state index contributed by atoms with van der Waals surface area (Å²) in [6.45, 7) is 6.68. The summed E-state index contributed by atoms with van der Waals surface area (Å²) in [4.78, 5) is 5.69. The van der Waals surface area contributed by atoms with Gasteiger partial charge in [-0.3, -0.25) is 0 Å². The lowest BCUT2D eigenvalue weighted by atomic mass is 10.1. The molecule has 116 valence electrons. The number of nitrogens with zero attached hydrogens (tertiary/aromatic N) is 2. The second kappa shape index (κ2) is 6.99. The van der Waals surface area contributed by atoms with Gasteiger partial charge < -0.3 is 4.57 Å². The highest BCUT2D eigenvalue weighted by Crippen LogP contribution is 2.22. The van der Waals surface area contributed by atoms with E-state index in [1.165, 1.54) is 11.1 Å². The van der Waals surface area contributed by atoms with Crippen LogP contribution in [0.1, 0.15) is 5.56 Å². The van der Waals surface area contributed by atoms with Crippen molar-refractivity contribution in [3.63, 3.8) is 0 Å². The van der Waals surface area contributed by atoms with Crippen molar-refractivity contribution in [2.24, 2.45) is 4.99 Å². The summed E-state index contributed by atoms with van der Waals surface area (Å²) in [5, 5.41) is 2.86. The zero-order chi connectivity index (χ0) is 16.2. The largest absolute Gasteiger partial charge is 0.313 e. The van der Waals surface area contributed by atoms with E-state index in [-0.39, 0.29) is 0 Å². The fourth-order valence-corrected chi connectivity index (χ4v) is 3.37. The highest BCUT2D eigenvalue weighted by Gasteiger charge is 2.07. The number of hydrogen-bond donors (Lipinski definition) is 0. The molecule has 0 N–H and O–H groups in total. The molecule has 0 bridgehead atoms. The molecular formula is C19H17ClN2S. The maximum Gasteiger partial charge on any atom is 0.190 e. The minimum Gasteiger partial charge on any atom is -0.313 e. The zero-order valence-corrected chi connectivity index (χ0v) is 14.4. The number of allylic oxidation sites excluding steroid dienone is 1. The second-order valence-electron chi connectivity index (χ2n) is 5.26. The molecular weight excluding hydrogens is 324 g/mol. The predicted octanol–water partition coefficient (Wildman–Crippen LogP) is 5.60. The first kappa shape index (κ1) is 15.8. The first-order valence-corrected chi connectivity index (χ1v) is 8.59. The van der Waals surface area contributed by atoms with E-state index in [1.54, 1.807) is 11.3 Å². The molecule has 4 heteroatoms. The van der Waals surface area contributed by atoms with Crippen molar-refractivity contribution in [3.05, 3.63) is 82.0 Å². The van der Waals surface area contributed by atoms with E-state index >= 15 is 0 Å². The van der Waals surface area contributed by atoms with Crippen LogP contribution in [0, 0.1) is 6.92 Å². The van der Waals surface area contributed by atoms with Crippen LogP contribution in [0.25, 0.3) is 11.3 Å². The van der Waals surface area contributed by atoms with E-state index in [9.17, 15) is 0 Å². The van der Waals surface area contributed by atoms with Crippen LogP contribution in [0.3, 0.4) is 0 Å². The van der Waals surface area contributed by atoms with Crippen LogP contribution >= 0.6 is 22.9 Å². The Morgan fingerprint density at radius 2 is 1.83 bits per heavy atom. The average Bonchev–Trinajstić information content (AvgIpc) is 2.94. The summed E-state index contributed by atoms with van der Waals surface area (Å²) in [6, 6.07) is 16.1. The summed E-state index contributed by atoms with van der Waals surface area (Å²) < 4.78 is 2.18. The Kier molecular flexibility index (Phi) is 4.79. The Bertz CT molecular complexity index is 871. The van der Waals surface area contributed by atoms with E-state index in [2.05, 4.69) is 47.7 Å². The number of hydrogen-bond acceptors (Lipinski definition) is 2. The van der Waals surface area contributed by atoms with Crippen LogP contribution in [0.15, 0.2) is 71.6 Å². The van der Waals surface area contributed by atoms with Gasteiger partial charge in [-0.2, -0.15) is 0 Å². The molecule has 0 amide bonds. The van der Waals surface area contributed by atoms with E-state index in [0.29, 0.717) is 0 Å². The maximum absolute atomic E-state index is 5.94. The van der Waals surface area contributed by atoms with Crippen molar-refractivity contribution >= 4 is 28.6 Å². The van der Waals surface area contributed by atoms with Gasteiger partial charge in [0.25, 0.3) is 0 Å². The van der Waals surface area contributed by atoms with Gasteiger partial charge in [0.1, 0.15) is 0 Å². The quantitative estimate of drug-likeness (QED) is 0.550. The van der Waals surface area contributed by atoms with E-state index in [1.807, 2.05) is 30.3 Å². The van der Waals surface area contributed by atoms with Crippen molar-refractivity contribution in [1.82, 2.24) is 4.57 Å². The Hall–Kier alpha value is -2.10. The van der Waals surface area contributed by atoms with Crippen LogP contribution in [0.5, 0.6) is 0 Å². The number of halogens is 1. The molecule has 0 fully saturated rings. The monoisotopic (exact) mass is 340 g/mol. The minimum atomic E-state index is 0.717. The van der Waals surface area contributed by atoms with Gasteiger partial charge in [0, 0.05) is 16.9 Å².